The van der Waals surface area contributed by atoms with E-state index in [0.29, 0.717) is 59.9 Å². The molecule has 1 unspecified atom stereocenters. The van der Waals surface area contributed by atoms with E-state index in [1.165, 1.54) is 4.57 Å². The Balaban J connectivity index is 1.43. The van der Waals surface area contributed by atoms with Crippen LogP contribution in [0.15, 0.2) is 47.7 Å². The van der Waals surface area contributed by atoms with Crippen molar-refractivity contribution in [2.24, 2.45) is 5.92 Å². The normalized spacial score (nSPS) is 14.8. The molecule has 1 N–H and O–H groups in total. The number of ether oxygens (including phenoxy) is 1. The highest BCUT2D eigenvalue weighted by atomic mass is 35.5. The first-order chi connectivity index (χ1) is 19.7. The zero-order valence-corrected chi connectivity index (χ0v) is 23.2. The van der Waals surface area contributed by atoms with Gasteiger partial charge < -0.3 is 15.0 Å². The van der Waals surface area contributed by atoms with Crippen LogP contribution >= 0.6 is 11.6 Å². The molecule has 0 saturated carbocycles. The molecule has 0 aliphatic carbocycles. The number of nitrogens with one attached hydrogen (secondary N) is 1. The number of anilines is 1. The van der Waals surface area contributed by atoms with E-state index in [1.807, 2.05) is 11.8 Å². The van der Waals surface area contributed by atoms with Crippen LogP contribution in [0.4, 0.5) is 14.7 Å². The minimum Gasteiger partial charge on any atom is -0.485 e. The van der Waals surface area contributed by atoms with Gasteiger partial charge in [0, 0.05) is 50.4 Å². The van der Waals surface area contributed by atoms with Crippen LogP contribution in [0.5, 0.6) is 5.75 Å². The van der Waals surface area contributed by atoms with Crippen LogP contribution in [0.2, 0.25) is 5.02 Å². The van der Waals surface area contributed by atoms with Crippen LogP contribution in [0.25, 0.3) is 17.1 Å². The van der Waals surface area contributed by atoms with Crippen molar-refractivity contribution >= 4 is 23.5 Å². The van der Waals surface area contributed by atoms with Crippen LogP contribution in [0.1, 0.15) is 23.4 Å². The lowest BCUT2D eigenvalue weighted by Gasteiger charge is -2.18. The van der Waals surface area contributed by atoms with Gasteiger partial charge in [-0.2, -0.15) is 0 Å². The van der Waals surface area contributed by atoms with Crippen molar-refractivity contribution in [3.8, 4) is 22.8 Å². The molecular weight excluding hydrogens is 556 g/mol. The summed E-state index contributed by atoms with van der Waals surface area (Å²) in [6.45, 7) is 4.35. The molecule has 4 aromatic heterocycles. The highest BCUT2D eigenvalue weighted by Gasteiger charge is 2.29. The number of halogens is 3. The molecule has 0 aromatic carbocycles. The molecule has 1 amide bonds. The van der Waals surface area contributed by atoms with Gasteiger partial charge in [-0.15, -0.1) is 0 Å². The highest BCUT2D eigenvalue weighted by molar-refractivity contribution is 6.31. The largest absolute Gasteiger partial charge is 0.485 e. The summed E-state index contributed by atoms with van der Waals surface area (Å²) in [7, 11) is 1.62. The van der Waals surface area contributed by atoms with E-state index in [9.17, 15) is 18.4 Å². The van der Waals surface area contributed by atoms with E-state index >= 15 is 0 Å². The lowest BCUT2D eigenvalue weighted by atomic mass is 10.1. The number of amides is 1. The molecule has 4 aromatic rings. The molecule has 0 spiro atoms. The van der Waals surface area contributed by atoms with Gasteiger partial charge in [-0.25, -0.2) is 18.7 Å². The number of nitrogens with zero attached hydrogens (tertiary/aromatic N) is 6. The lowest BCUT2D eigenvalue weighted by Crippen LogP contribution is -2.30. The second-order valence-corrected chi connectivity index (χ2v) is 10.00. The summed E-state index contributed by atoms with van der Waals surface area (Å²) in [5, 5.41) is 2.48. The standard InChI is InChI=1S/C28H26ClF2N7O3/c1-15-11-34-21(20-4-6-33-28(36-20)37-7-5-17(13-37)26(39)32-3)10-23(15)38-16(2)8-24(25(29)27(38)40)41-14-22-19(31)9-18(30)12-35-22/h4,6,8-12,17H,5,7,13-14H2,1-3H3,(H,32,39). The molecule has 1 aliphatic heterocycles. The zero-order chi connectivity index (χ0) is 29.3. The van der Waals surface area contributed by atoms with Crippen molar-refractivity contribution in [3.05, 3.63) is 86.8 Å². The number of carbonyl (C=O) groups excluding carboxylic acids is 1. The Labute approximate surface area is 239 Å². The molecule has 1 saturated heterocycles. The van der Waals surface area contributed by atoms with Crippen LogP contribution in [-0.4, -0.2) is 50.5 Å². The summed E-state index contributed by atoms with van der Waals surface area (Å²) >= 11 is 6.40. The number of rotatable bonds is 7. The second kappa shape index (κ2) is 11.6. The molecule has 0 bridgehead atoms. The van der Waals surface area contributed by atoms with Crippen molar-refractivity contribution in [1.29, 1.82) is 0 Å². The molecule has 1 atom stereocenters. The fourth-order valence-corrected chi connectivity index (χ4v) is 4.87. The van der Waals surface area contributed by atoms with Gasteiger partial charge in [-0.3, -0.25) is 24.1 Å². The Hall–Kier alpha value is -4.45. The average Bonchev–Trinajstić information content (AvgIpc) is 3.46. The molecule has 41 heavy (non-hydrogen) atoms. The van der Waals surface area contributed by atoms with E-state index in [1.54, 1.807) is 44.6 Å². The summed E-state index contributed by atoms with van der Waals surface area (Å²) in [6, 6.07) is 5.72. The first kappa shape index (κ1) is 28.1. The Morgan fingerprint density at radius 2 is 1.95 bits per heavy atom. The molecule has 0 radical (unpaired) electrons. The van der Waals surface area contributed by atoms with Gasteiger partial charge in [0.1, 0.15) is 28.9 Å². The summed E-state index contributed by atoms with van der Waals surface area (Å²) < 4.78 is 34.2. The van der Waals surface area contributed by atoms with Gasteiger partial charge in [-0.05, 0) is 38.0 Å². The van der Waals surface area contributed by atoms with Crippen LogP contribution in [0, 0.1) is 31.4 Å². The summed E-state index contributed by atoms with van der Waals surface area (Å²) in [6.07, 6.45) is 4.85. The predicted octanol–water partition coefficient (Wildman–Crippen LogP) is 3.78. The molecule has 10 nitrogen and oxygen atoms in total. The van der Waals surface area contributed by atoms with Gasteiger partial charge in [0.25, 0.3) is 5.56 Å². The van der Waals surface area contributed by atoms with Crippen molar-refractivity contribution < 1.29 is 18.3 Å². The van der Waals surface area contributed by atoms with Gasteiger partial charge in [0.05, 0.1) is 29.2 Å². The van der Waals surface area contributed by atoms with E-state index in [-0.39, 0.29) is 34.9 Å². The van der Waals surface area contributed by atoms with Crippen molar-refractivity contribution in [3.63, 3.8) is 0 Å². The van der Waals surface area contributed by atoms with Gasteiger partial charge >= 0.3 is 0 Å². The number of hydrogen-bond acceptors (Lipinski definition) is 8. The van der Waals surface area contributed by atoms with E-state index in [4.69, 9.17) is 16.3 Å². The average molecular weight is 582 g/mol. The summed E-state index contributed by atoms with van der Waals surface area (Å²) in [5.41, 5.74) is 2.14. The third-order valence-corrected chi connectivity index (χ3v) is 7.21. The Morgan fingerprint density at radius 1 is 1.15 bits per heavy atom. The van der Waals surface area contributed by atoms with Crippen molar-refractivity contribution in [2.45, 2.75) is 26.9 Å². The molecule has 5 rings (SSSR count). The molecule has 13 heteroatoms. The number of pyridine rings is 3. The SMILES string of the molecule is CNC(=O)C1CCN(c2nccc(-c3cc(-n4c(C)cc(OCc5ncc(F)cc5F)c(Cl)c4=O)c(C)cn3)n2)C1. The van der Waals surface area contributed by atoms with E-state index < -0.39 is 17.2 Å². The van der Waals surface area contributed by atoms with E-state index in [2.05, 4.69) is 25.3 Å². The maximum atomic E-state index is 14.0. The van der Waals surface area contributed by atoms with E-state index in [0.717, 1.165) is 6.20 Å². The quantitative estimate of drug-likeness (QED) is 0.351. The number of hydrogen-bond donors (Lipinski definition) is 1. The smallest absolute Gasteiger partial charge is 0.277 e. The Bertz CT molecular complexity index is 1700. The molecule has 1 fully saturated rings. The van der Waals surface area contributed by atoms with Crippen LogP contribution in [-0.2, 0) is 11.4 Å². The molecular formula is C28H26ClF2N7O3. The third kappa shape index (κ3) is 5.73. The first-order valence-electron chi connectivity index (χ1n) is 12.8. The fourth-order valence-electron chi connectivity index (χ4n) is 4.68. The third-order valence-electron chi connectivity index (χ3n) is 6.86. The van der Waals surface area contributed by atoms with Gasteiger partial charge in [0.15, 0.2) is 5.82 Å². The minimum absolute atomic E-state index is 0.0105. The number of aryl methyl sites for hydroxylation is 2. The number of carbonyl (C=O) groups is 1. The Kier molecular flexibility index (Phi) is 7.93. The van der Waals surface area contributed by atoms with Crippen molar-refractivity contribution in [2.75, 3.05) is 25.0 Å². The van der Waals surface area contributed by atoms with Crippen LogP contribution < -0.4 is 20.5 Å². The fraction of sp³-hybridized carbons (Fsp3) is 0.286. The summed E-state index contributed by atoms with van der Waals surface area (Å²) in [4.78, 5) is 44.7. The Morgan fingerprint density at radius 3 is 2.71 bits per heavy atom. The number of aromatic nitrogens is 5. The lowest BCUT2D eigenvalue weighted by molar-refractivity contribution is -0.123. The topological polar surface area (TPSA) is 115 Å². The second-order valence-electron chi connectivity index (χ2n) is 9.62. The zero-order valence-electron chi connectivity index (χ0n) is 22.5. The monoisotopic (exact) mass is 581 g/mol. The van der Waals surface area contributed by atoms with Gasteiger partial charge in [-0.1, -0.05) is 11.6 Å². The van der Waals surface area contributed by atoms with Gasteiger partial charge in [0.2, 0.25) is 11.9 Å². The predicted molar refractivity (Wildman–Crippen MR) is 148 cm³/mol. The first-order valence-corrected chi connectivity index (χ1v) is 13.2. The molecule has 212 valence electrons. The highest BCUT2D eigenvalue weighted by Crippen LogP contribution is 2.28. The maximum Gasteiger partial charge on any atom is 0.277 e. The minimum atomic E-state index is -0.866. The van der Waals surface area contributed by atoms with Crippen LogP contribution in [0.3, 0.4) is 0 Å². The molecule has 1 aliphatic rings. The molecule has 5 heterocycles. The van der Waals surface area contributed by atoms with Crippen molar-refractivity contribution in [1.82, 2.24) is 29.8 Å². The summed E-state index contributed by atoms with van der Waals surface area (Å²) in [5.74, 6) is -1.28. The maximum absolute atomic E-state index is 14.0.